The van der Waals surface area contributed by atoms with Gasteiger partial charge in [-0.25, -0.2) is 0 Å². The lowest BCUT2D eigenvalue weighted by Crippen LogP contribution is -2.21. The quantitative estimate of drug-likeness (QED) is 0.216. The van der Waals surface area contributed by atoms with Crippen molar-refractivity contribution >= 4 is 17.7 Å². The summed E-state index contributed by atoms with van der Waals surface area (Å²) in [5.74, 6) is 2.30. The molecule has 0 heterocycles. The van der Waals surface area contributed by atoms with Gasteiger partial charge in [0, 0.05) is 12.2 Å². The smallest absolute Gasteiger partial charge is 0.306 e. The van der Waals surface area contributed by atoms with Crippen LogP contribution < -0.4 is 0 Å². The first-order valence-electron chi connectivity index (χ1n) is 13.0. The molecule has 0 fully saturated rings. The molecule has 3 nitrogen and oxygen atoms in total. The van der Waals surface area contributed by atoms with Crippen LogP contribution >= 0.6 is 11.8 Å². The van der Waals surface area contributed by atoms with Gasteiger partial charge in [0.2, 0.25) is 0 Å². The molecule has 0 saturated carbocycles. The van der Waals surface area contributed by atoms with Gasteiger partial charge >= 0.3 is 5.97 Å². The Bertz CT molecular complexity index is 678. The molecule has 0 aliphatic rings. The second-order valence-corrected chi connectivity index (χ2v) is 12.6. The molecule has 0 amide bonds. The average Bonchev–Trinajstić information content (AvgIpc) is 2.72. The molecule has 0 bridgehead atoms. The minimum absolute atomic E-state index is 0.00215. The van der Waals surface area contributed by atoms with Crippen LogP contribution in [0.5, 0.6) is 5.75 Å². The van der Waals surface area contributed by atoms with Crippen molar-refractivity contribution in [2.75, 3.05) is 11.5 Å². The van der Waals surface area contributed by atoms with Gasteiger partial charge in [0.05, 0.1) is 0 Å². The molecule has 0 aliphatic heterocycles. The van der Waals surface area contributed by atoms with E-state index in [9.17, 15) is 9.90 Å². The van der Waals surface area contributed by atoms with E-state index in [0.29, 0.717) is 18.6 Å². The van der Waals surface area contributed by atoms with Gasteiger partial charge in [-0.1, -0.05) is 99.6 Å². The van der Waals surface area contributed by atoms with Crippen molar-refractivity contribution in [3.8, 4) is 5.75 Å². The number of benzene rings is 1. The molecule has 4 heteroatoms. The molecule has 1 atom stereocenters. The van der Waals surface area contributed by atoms with Crippen LogP contribution in [0.2, 0.25) is 0 Å². The fraction of sp³-hybridized carbons (Fsp3) is 0.759. The molecule has 190 valence electrons. The Kier molecular flexibility index (Phi) is 12.9. The lowest BCUT2D eigenvalue weighted by Gasteiger charge is -2.28. The van der Waals surface area contributed by atoms with Crippen molar-refractivity contribution in [1.29, 1.82) is 0 Å². The van der Waals surface area contributed by atoms with Crippen LogP contribution in [0.25, 0.3) is 0 Å². The standard InChI is InChI=1S/C29H50O3S/c1-9-11-12-13-14-15-18-33-21-23(10-2)32-26(30)17-16-22-19-24(28(3,4)5)27(31)25(20-22)29(6,7)8/h19-20,23,31H,9-18,21H2,1-8H3. The molecule has 0 aromatic heterocycles. The summed E-state index contributed by atoms with van der Waals surface area (Å²) >= 11 is 1.91. The second kappa shape index (κ2) is 14.3. The number of unbranched alkanes of at least 4 members (excludes halogenated alkanes) is 5. The minimum Gasteiger partial charge on any atom is -0.507 e. The SMILES string of the molecule is CCCCCCCCSCC(CC)OC(=O)CCc1cc(C(C)(C)C)c(O)c(C(C)(C)C)c1. The first-order chi connectivity index (χ1) is 15.4. The number of rotatable bonds is 14. The van der Waals surface area contributed by atoms with E-state index in [2.05, 4.69) is 67.5 Å². The summed E-state index contributed by atoms with van der Waals surface area (Å²) in [7, 11) is 0. The van der Waals surface area contributed by atoms with Gasteiger partial charge in [-0.2, -0.15) is 11.8 Å². The summed E-state index contributed by atoms with van der Waals surface area (Å²) in [4.78, 5) is 12.6. The molecular weight excluding hydrogens is 428 g/mol. The number of carbonyl (C=O) groups is 1. The van der Waals surface area contributed by atoms with Crippen LogP contribution in [0.1, 0.15) is 123 Å². The lowest BCUT2D eigenvalue weighted by molar-refractivity contribution is -0.148. The summed E-state index contributed by atoms with van der Waals surface area (Å²) in [6.45, 7) is 17.0. The second-order valence-electron chi connectivity index (χ2n) is 11.4. The van der Waals surface area contributed by atoms with Crippen LogP contribution in [-0.4, -0.2) is 28.7 Å². The Morgan fingerprint density at radius 1 is 0.939 bits per heavy atom. The highest BCUT2D eigenvalue weighted by Gasteiger charge is 2.26. The Labute approximate surface area is 208 Å². The fourth-order valence-electron chi connectivity index (χ4n) is 3.91. The van der Waals surface area contributed by atoms with Crippen LogP contribution in [0, 0.1) is 0 Å². The zero-order chi connectivity index (χ0) is 25.1. The number of thioether (sulfide) groups is 1. The van der Waals surface area contributed by atoms with Crippen LogP contribution in [0.15, 0.2) is 12.1 Å². The third-order valence-electron chi connectivity index (χ3n) is 6.10. The van der Waals surface area contributed by atoms with E-state index in [1.165, 1.54) is 38.5 Å². The number of carbonyl (C=O) groups excluding carboxylic acids is 1. The van der Waals surface area contributed by atoms with Crippen molar-refractivity contribution in [2.24, 2.45) is 0 Å². The van der Waals surface area contributed by atoms with Gasteiger partial charge in [0.25, 0.3) is 0 Å². The molecule has 0 saturated heterocycles. The van der Waals surface area contributed by atoms with Crippen molar-refractivity contribution in [1.82, 2.24) is 0 Å². The van der Waals surface area contributed by atoms with Gasteiger partial charge in [-0.3, -0.25) is 4.79 Å². The number of hydrogen-bond donors (Lipinski definition) is 1. The van der Waals surface area contributed by atoms with Crippen molar-refractivity contribution in [2.45, 2.75) is 130 Å². The van der Waals surface area contributed by atoms with Crippen molar-refractivity contribution in [3.05, 3.63) is 28.8 Å². The number of ether oxygens (including phenoxy) is 1. The third kappa shape index (κ3) is 11.2. The predicted octanol–water partition coefficient (Wildman–Crippen LogP) is 8.34. The maximum atomic E-state index is 12.6. The summed E-state index contributed by atoms with van der Waals surface area (Å²) < 4.78 is 5.79. The number of hydrogen-bond acceptors (Lipinski definition) is 4. The topological polar surface area (TPSA) is 46.5 Å². The first kappa shape index (κ1) is 29.9. The van der Waals surface area contributed by atoms with Crippen LogP contribution in [0.4, 0.5) is 0 Å². The molecule has 1 aromatic rings. The number of phenols is 1. The zero-order valence-electron chi connectivity index (χ0n) is 22.7. The monoisotopic (exact) mass is 478 g/mol. The fourth-order valence-corrected chi connectivity index (χ4v) is 5.05. The van der Waals surface area contributed by atoms with E-state index >= 15 is 0 Å². The molecule has 33 heavy (non-hydrogen) atoms. The van der Waals surface area contributed by atoms with Crippen molar-refractivity contribution in [3.63, 3.8) is 0 Å². The van der Waals surface area contributed by atoms with E-state index in [1.807, 2.05) is 11.8 Å². The Morgan fingerprint density at radius 3 is 2.00 bits per heavy atom. The normalized spacial score (nSPS) is 13.2. The van der Waals surface area contributed by atoms with E-state index in [-0.39, 0.29) is 22.9 Å². The predicted molar refractivity (Wildman–Crippen MR) is 145 cm³/mol. The average molecular weight is 479 g/mol. The zero-order valence-corrected chi connectivity index (χ0v) is 23.5. The molecule has 0 spiro atoms. The van der Waals surface area contributed by atoms with E-state index in [4.69, 9.17) is 4.74 Å². The Morgan fingerprint density at radius 2 is 1.48 bits per heavy atom. The highest BCUT2D eigenvalue weighted by Crippen LogP contribution is 2.40. The maximum Gasteiger partial charge on any atom is 0.306 e. The Balaban J connectivity index is 2.60. The molecule has 0 aliphatic carbocycles. The number of phenolic OH excluding ortho intramolecular Hbond substituents is 1. The number of aromatic hydroxyl groups is 1. The van der Waals surface area contributed by atoms with E-state index < -0.39 is 0 Å². The van der Waals surface area contributed by atoms with Gasteiger partial charge in [-0.05, 0) is 52.5 Å². The minimum atomic E-state index is -0.166. The molecular formula is C29H50O3S. The van der Waals surface area contributed by atoms with Crippen LogP contribution in [0.3, 0.4) is 0 Å². The van der Waals surface area contributed by atoms with E-state index in [0.717, 1.165) is 34.6 Å². The number of esters is 1. The third-order valence-corrected chi connectivity index (χ3v) is 7.29. The van der Waals surface area contributed by atoms with Gasteiger partial charge < -0.3 is 9.84 Å². The molecule has 1 aromatic carbocycles. The number of aryl methyl sites for hydroxylation is 1. The molecule has 1 N–H and O–H groups in total. The summed E-state index contributed by atoms with van der Waals surface area (Å²) in [5, 5.41) is 10.9. The largest absolute Gasteiger partial charge is 0.507 e. The summed E-state index contributed by atoms with van der Waals surface area (Å²) in [6, 6.07) is 4.12. The summed E-state index contributed by atoms with van der Waals surface area (Å²) in [6.07, 6.45) is 9.76. The van der Waals surface area contributed by atoms with E-state index in [1.54, 1.807) is 0 Å². The maximum absolute atomic E-state index is 12.6. The van der Waals surface area contributed by atoms with Crippen molar-refractivity contribution < 1.29 is 14.6 Å². The molecule has 1 unspecified atom stereocenters. The van der Waals surface area contributed by atoms with Gasteiger partial charge in [0.15, 0.2) is 0 Å². The highest BCUT2D eigenvalue weighted by atomic mass is 32.2. The van der Waals surface area contributed by atoms with Crippen LogP contribution in [-0.2, 0) is 26.8 Å². The molecule has 0 radical (unpaired) electrons. The van der Waals surface area contributed by atoms with Gasteiger partial charge in [-0.15, -0.1) is 0 Å². The highest BCUT2D eigenvalue weighted by molar-refractivity contribution is 7.99. The summed E-state index contributed by atoms with van der Waals surface area (Å²) in [5.41, 5.74) is 2.64. The Hall–Kier alpha value is -1.16. The lowest BCUT2D eigenvalue weighted by atomic mass is 9.78. The first-order valence-corrected chi connectivity index (χ1v) is 14.2. The van der Waals surface area contributed by atoms with Gasteiger partial charge in [0.1, 0.15) is 11.9 Å². The molecule has 1 rings (SSSR count).